The lowest BCUT2D eigenvalue weighted by Gasteiger charge is -2.36. The molecule has 0 radical (unpaired) electrons. The zero-order valence-corrected chi connectivity index (χ0v) is 13.2. The Hall–Kier alpha value is -1.62. The summed E-state index contributed by atoms with van der Waals surface area (Å²) < 4.78 is 0. The van der Waals surface area contributed by atoms with Crippen molar-refractivity contribution in [1.82, 2.24) is 9.88 Å². The fourth-order valence-electron chi connectivity index (χ4n) is 2.35. The number of hydrogen-bond acceptors (Lipinski definition) is 4. The molecule has 1 amide bonds. The average Bonchev–Trinajstić information content (AvgIpc) is 2.47. The standard InChI is InChI=1S/C16H26N4O/c1-16(2,3)13(17)12-15(21)20-10-8-19(9-11-20)14-6-4-5-7-18-14/h4-7,13H,8-12,17H2,1-3H3. The number of rotatable bonds is 3. The van der Waals surface area contributed by atoms with Crippen molar-refractivity contribution >= 4 is 11.7 Å². The number of nitrogens with two attached hydrogens (primary N) is 1. The predicted octanol–water partition coefficient (Wildman–Crippen LogP) is 1.49. The van der Waals surface area contributed by atoms with Crippen LogP contribution in [0, 0.1) is 5.41 Å². The van der Waals surface area contributed by atoms with Gasteiger partial charge in [-0.25, -0.2) is 4.98 Å². The van der Waals surface area contributed by atoms with Gasteiger partial charge in [-0.15, -0.1) is 0 Å². The molecule has 0 aromatic carbocycles. The molecule has 1 aliphatic heterocycles. The number of anilines is 1. The highest BCUT2D eigenvalue weighted by Gasteiger charge is 2.27. The van der Waals surface area contributed by atoms with E-state index in [4.69, 9.17) is 5.73 Å². The summed E-state index contributed by atoms with van der Waals surface area (Å²) in [6.07, 6.45) is 2.22. The molecule has 1 aromatic heterocycles. The zero-order chi connectivity index (χ0) is 15.5. The van der Waals surface area contributed by atoms with Crippen LogP contribution in [0.15, 0.2) is 24.4 Å². The van der Waals surface area contributed by atoms with Gasteiger partial charge in [-0.2, -0.15) is 0 Å². The highest BCUT2D eigenvalue weighted by atomic mass is 16.2. The van der Waals surface area contributed by atoms with Gasteiger partial charge in [0.1, 0.15) is 5.82 Å². The van der Waals surface area contributed by atoms with E-state index >= 15 is 0 Å². The summed E-state index contributed by atoms with van der Waals surface area (Å²) in [7, 11) is 0. The molecular formula is C16H26N4O. The normalized spacial score (nSPS) is 17.7. The third-order valence-corrected chi connectivity index (χ3v) is 4.11. The van der Waals surface area contributed by atoms with Crippen LogP contribution in [-0.4, -0.2) is 48.0 Å². The van der Waals surface area contributed by atoms with E-state index in [0.29, 0.717) is 6.42 Å². The van der Waals surface area contributed by atoms with Gasteiger partial charge in [-0.1, -0.05) is 26.8 Å². The van der Waals surface area contributed by atoms with E-state index in [0.717, 1.165) is 32.0 Å². The number of hydrogen-bond donors (Lipinski definition) is 1. The Kier molecular flexibility index (Phi) is 4.83. The van der Waals surface area contributed by atoms with E-state index in [2.05, 4.69) is 30.7 Å². The molecule has 0 saturated carbocycles. The second-order valence-electron chi connectivity index (χ2n) is 6.73. The van der Waals surface area contributed by atoms with Crippen LogP contribution < -0.4 is 10.6 Å². The quantitative estimate of drug-likeness (QED) is 0.916. The van der Waals surface area contributed by atoms with Crippen LogP contribution in [-0.2, 0) is 4.79 Å². The van der Waals surface area contributed by atoms with Crippen LogP contribution >= 0.6 is 0 Å². The van der Waals surface area contributed by atoms with Crippen molar-refractivity contribution in [2.24, 2.45) is 11.1 Å². The summed E-state index contributed by atoms with van der Waals surface area (Å²) in [6.45, 7) is 9.36. The van der Waals surface area contributed by atoms with E-state index in [1.807, 2.05) is 23.1 Å². The Bertz CT molecular complexity index is 461. The summed E-state index contributed by atoms with van der Waals surface area (Å²) in [4.78, 5) is 20.8. The number of piperazine rings is 1. The number of aromatic nitrogens is 1. The Morgan fingerprint density at radius 2 is 1.95 bits per heavy atom. The van der Waals surface area contributed by atoms with Gasteiger partial charge in [0.15, 0.2) is 0 Å². The number of amides is 1. The van der Waals surface area contributed by atoms with Crippen LogP contribution in [0.3, 0.4) is 0 Å². The maximum absolute atomic E-state index is 12.3. The second kappa shape index (κ2) is 6.43. The molecule has 0 bridgehead atoms. The monoisotopic (exact) mass is 290 g/mol. The van der Waals surface area contributed by atoms with Crippen molar-refractivity contribution in [3.8, 4) is 0 Å². The van der Waals surface area contributed by atoms with Gasteiger partial charge in [0.2, 0.25) is 5.91 Å². The molecule has 1 atom stereocenters. The summed E-state index contributed by atoms with van der Waals surface area (Å²) in [5, 5.41) is 0. The minimum atomic E-state index is -0.0983. The number of carbonyl (C=O) groups excluding carboxylic acids is 1. The zero-order valence-electron chi connectivity index (χ0n) is 13.2. The maximum Gasteiger partial charge on any atom is 0.224 e. The first-order valence-corrected chi connectivity index (χ1v) is 7.57. The molecule has 5 heteroatoms. The molecule has 5 nitrogen and oxygen atoms in total. The predicted molar refractivity (Wildman–Crippen MR) is 85.1 cm³/mol. The van der Waals surface area contributed by atoms with Crippen LogP contribution in [0.25, 0.3) is 0 Å². The fourth-order valence-corrected chi connectivity index (χ4v) is 2.35. The van der Waals surface area contributed by atoms with Gasteiger partial charge in [0, 0.05) is 44.8 Å². The summed E-state index contributed by atoms with van der Waals surface area (Å²) >= 11 is 0. The smallest absolute Gasteiger partial charge is 0.224 e. The highest BCUT2D eigenvalue weighted by Crippen LogP contribution is 2.21. The lowest BCUT2D eigenvalue weighted by molar-refractivity contribution is -0.132. The first-order valence-electron chi connectivity index (χ1n) is 7.57. The molecule has 116 valence electrons. The van der Waals surface area contributed by atoms with Crippen LogP contribution in [0.5, 0.6) is 0 Å². The van der Waals surface area contributed by atoms with E-state index < -0.39 is 0 Å². The minimum absolute atomic E-state index is 0.0363. The Labute approximate surface area is 127 Å². The van der Waals surface area contributed by atoms with Gasteiger partial charge in [-0.3, -0.25) is 4.79 Å². The maximum atomic E-state index is 12.3. The summed E-state index contributed by atoms with van der Waals surface area (Å²) in [6, 6.07) is 5.81. The second-order valence-corrected chi connectivity index (χ2v) is 6.73. The molecule has 2 heterocycles. The SMILES string of the molecule is CC(C)(C)C(N)CC(=O)N1CCN(c2ccccn2)CC1. The number of pyridine rings is 1. The van der Waals surface area contributed by atoms with Crippen molar-refractivity contribution in [2.45, 2.75) is 33.2 Å². The minimum Gasteiger partial charge on any atom is -0.353 e. The molecule has 0 aliphatic carbocycles. The number of nitrogens with zero attached hydrogens (tertiary/aromatic N) is 3. The number of carbonyl (C=O) groups is 1. The largest absolute Gasteiger partial charge is 0.353 e. The molecule has 1 saturated heterocycles. The van der Waals surface area contributed by atoms with E-state index in [1.165, 1.54) is 0 Å². The van der Waals surface area contributed by atoms with Crippen molar-refractivity contribution < 1.29 is 4.79 Å². The molecule has 1 aromatic rings. The van der Waals surface area contributed by atoms with Gasteiger partial charge in [0.25, 0.3) is 0 Å². The van der Waals surface area contributed by atoms with Crippen molar-refractivity contribution in [3.63, 3.8) is 0 Å². The van der Waals surface area contributed by atoms with Crippen LogP contribution in [0.4, 0.5) is 5.82 Å². The van der Waals surface area contributed by atoms with Crippen LogP contribution in [0.1, 0.15) is 27.2 Å². The van der Waals surface area contributed by atoms with Crippen LogP contribution in [0.2, 0.25) is 0 Å². The van der Waals surface area contributed by atoms with E-state index in [9.17, 15) is 4.79 Å². The molecule has 21 heavy (non-hydrogen) atoms. The van der Waals surface area contributed by atoms with E-state index in [1.54, 1.807) is 6.20 Å². The third-order valence-electron chi connectivity index (χ3n) is 4.11. The molecule has 2 N–H and O–H groups in total. The summed E-state index contributed by atoms with van der Waals surface area (Å²) in [5.41, 5.74) is 6.07. The molecule has 1 unspecified atom stereocenters. The Morgan fingerprint density at radius 3 is 2.48 bits per heavy atom. The fraction of sp³-hybridized carbons (Fsp3) is 0.625. The van der Waals surface area contributed by atoms with Crippen molar-refractivity contribution in [3.05, 3.63) is 24.4 Å². The first-order chi connectivity index (χ1) is 9.88. The van der Waals surface area contributed by atoms with Gasteiger partial charge in [0.05, 0.1) is 0 Å². The van der Waals surface area contributed by atoms with Crippen molar-refractivity contribution in [1.29, 1.82) is 0 Å². The van der Waals surface area contributed by atoms with Gasteiger partial charge < -0.3 is 15.5 Å². The first kappa shape index (κ1) is 15.8. The lowest BCUT2D eigenvalue weighted by atomic mass is 9.85. The molecule has 0 spiro atoms. The Balaban J connectivity index is 1.85. The summed E-state index contributed by atoms with van der Waals surface area (Å²) in [5.74, 6) is 1.15. The molecule has 1 aliphatic rings. The average molecular weight is 290 g/mol. The van der Waals surface area contributed by atoms with Gasteiger partial charge in [-0.05, 0) is 17.5 Å². The molecule has 1 fully saturated rings. The highest BCUT2D eigenvalue weighted by molar-refractivity contribution is 5.77. The lowest BCUT2D eigenvalue weighted by Crippen LogP contribution is -2.50. The molecule has 2 rings (SSSR count). The Morgan fingerprint density at radius 1 is 1.29 bits per heavy atom. The third kappa shape index (κ3) is 4.17. The van der Waals surface area contributed by atoms with Crippen molar-refractivity contribution in [2.75, 3.05) is 31.1 Å². The topological polar surface area (TPSA) is 62.5 Å². The molecular weight excluding hydrogens is 264 g/mol. The van der Waals surface area contributed by atoms with E-state index in [-0.39, 0.29) is 17.4 Å². The van der Waals surface area contributed by atoms with Gasteiger partial charge >= 0.3 is 0 Å².